The second kappa shape index (κ2) is 6.64. The molecule has 1 fully saturated rings. The van der Waals surface area contributed by atoms with Gasteiger partial charge in [-0.1, -0.05) is 0 Å². The molecule has 0 saturated carbocycles. The van der Waals surface area contributed by atoms with Gasteiger partial charge in [0.25, 0.3) is 0 Å². The van der Waals surface area contributed by atoms with E-state index < -0.39 is 11.2 Å². The number of rotatable bonds is 4. The molecule has 1 heterocycles. The van der Waals surface area contributed by atoms with Crippen LogP contribution in [0.1, 0.15) is 27.7 Å². The van der Waals surface area contributed by atoms with E-state index in [-0.39, 0.29) is 5.25 Å². The van der Waals surface area contributed by atoms with E-state index in [1.807, 2.05) is 25.3 Å². The van der Waals surface area contributed by atoms with Gasteiger partial charge in [-0.15, -0.1) is 0 Å². The monoisotopic (exact) mass is 244 g/mol. The number of nitrogens with one attached hydrogen (secondary N) is 1. The second-order valence-electron chi connectivity index (χ2n) is 4.94. The highest BCUT2D eigenvalue weighted by atomic mass is 32.2. The summed E-state index contributed by atoms with van der Waals surface area (Å²) in [4.78, 5) is 2.40. The Hall–Kier alpha value is -0.0300. The Bertz CT molecular complexity index is 223. The van der Waals surface area contributed by atoms with Crippen molar-refractivity contribution in [3.05, 3.63) is 11.5 Å². The van der Waals surface area contributed by atoms with Crippen LogP contribution >= 0.6 is 0 Å². The fraction of sp³-hybridized carbons (Fsp3) is 0.833. The Labute approximate surface area is 102 Å². The Balaban J connectivity index is 2.31. The summed E-state index contributed by atoms with van der Waals surface area (Å²) < 4.78 is 11.5. The highest BCUT2D eigenvalue weighted by Crippen LogP contribution is 2.06. The Morgan fingerprint density at radius 3 is 2.44 bits per heavy atom. The third-order valence-electron chi connectivity index (χ3n) is 2.69. The van der Waals surface area contributed by atoms with Crippen LogP contribution in [0, 0.1) is 0 Å². The molecule has 1 N–H and O–H groups in total. The van der Waals surface area contributed by atoms with Gasteiger partial charge in [-0.05, 0) is 44.9 Å². The smallest absolute Gasteiger partial charge is 0.115 e. The first kappa shape index (κ1) is 14.0. The Kier molecular flexibility index (Phi) is 5.83. The van der Waals surface area contributed by atoms with Crippen LogP contribution < -0.4 is 5.32 Å². The lowest BCUT2D eigenvalue weighted by Crippen LogP contribution is -2.54. The van der Waals surface area contributed by atoms with E-state index in [1.165, 1.54) is 0 Å². The summed E-state index contributed by atoms with van der Waals surface area (Å²) in [7, 11) is 0. The first-order chi connectivity index (χ1) is 7.49. The highest BCUT2D eigenvalue weighted by Gasteiger charge is 2.19. The summed E-state index contributed by atoms with van der Waals surface area (Å²) in [5.41, 5.74) is 0. The van der Waals surface area contributed by atoms with Gasteiger partial charge in [-0.2, -0.15) is 0 Å². The largest absolute Gasteiger partial charge is 0.612 e. The van der Waals surface area contributed by atoms with E-state index >= 15 is 0 Å². The van der Waals surface area contributed by atoms with E-state index in [9.17, 15) is 4.55 Å². The average Bonchev–Trinajstić information content (AvgIpc) is 2.15. The van der Waals surface area contributed by atoms with Gasteiger partial charge in [0.2, 0.25) is 0 Å². The third-order valence-corrected chi connectivity index (χ3v) is 4.08. The fourth-order valence-corrected chi connectivity index (χ4v) is 2.62. The molecule has 4 heteroatoms. The molecule has 3 atom stereocenters. The summed E-state index contributed by atoms with van der Waals surface area (Å²) in [5, 5.41) is 5.56. The summed E-state index contributed by atoms with van der Waals surface area (Å²) >= 11 is -0.816. The van der Waals surface area contributed by atoms with Gasteiger partial charge in [-0.3, -0.25) is 4.90 Å². The van der Waals surface area contributed by atoms with Gasteiger partial charge in [-0.25, -0.2) is 0 Å². The van der Waals surface area contributed by atoms with Gasteiger partial charge >= 0.3 is 0 Å². The van der Waals surface area contributed by atoms with E-state index in [2.05, 4.69) is 24.1 Å². The number of hydrogen-bond donors (Lipinski definition) is 1. The maximum atomic E-state index is 11.5. The molecule has 0 aromatic carbocycles. The van der Waals surface area contributed by atoms with Crippen molar-refractivity contribution in [1.29, 1.82) is 0 Å². The predicted molar refractivity (Wildman–Crippen MR) is 70.9 cm³/mol. The molecule has 1 aliphatic rings. The van der Waals surface area contributed by atoms with Crippen molar-refractivity contribution in [1.82, 2.24) is 10.2 Å². The topological polar surface area (TPSA) is 38.3 Å². The molecule has 3 unspecified atom stereocenters. The molecule has 1 saturated heterocycles. The molecule has 16 heavy (non-hydrogen) atoms. The van der Waals surface area contributed by atoms with Crippen molar-refractivity contribution in [2.45, 2.75) is 45.0 Å². The van der Waals surface area contributed by atoms with Crippen molar-refractivity contribution in [2.75, 3.05) is 19.6 Å². The van der Waals surface area contributed by atoms with Gasteiger partial charge in [0.05, 0.1) is 0 Å². The van der Waals surface area contributed by atoms with Crippen LogP contribution in [0.25, 0.3) is 0 Å². The third kappa shape index (κ3) is 4.87. The normalized spacial score (nSPS) is 30.1. The molecule has 0 amide bonds. The van der Waals surface area contributed by atoms with Crippen LogP contribution in [0.5, 0.6) is 0 Å². The minimum absolute atomic E-state index is 0.220. The highest BCUT2D eigenvalue weighted by molar-refractivity contribution is 7.94. The van der Waals surface area contributed by atoms with Crippen molar-refractivity contribution >= 4 is 11.2 Å². The van der Waals surface area contributed by atoms with Gasteiger partial charge in [0.1, 0.15) is 10.7 Å². The zero-order valence-electron chi connectivity index (χ0n) is 10.8. The lowest BCUT2D eigenvalue weighted by atomic mass is 10.1. The molecule has 3 nitrogen and oxygen atoms in total. The van der Waals surface area contributed by atoms with Crippen LogP contribution in [-0.4, -0.2) is 46.4 Å². The van der Waals surface area contributed by atoms with Crippen LogP contribution in [0.2, 0.25) is 0 Å². The SMILES string of the molecule is CC1CN(C/C=C/[S+]([O-])C(C)C)CC(C)N1. The van der Waals surface area contributed by atoms with Gasteiger partial charge in [0, 0.05) is 31.7 Å². The van der Waals surface area contributed by atoms with E-state index in [0.717, 1.165) is 19.6 Å². The molecule has 94 valence electrons. The predicted octanol–water partition coefficient (Wildman–Crippen LogP) is 1.34. The zero-order chi connectivity index (χ0) is 12.1. The summed E-state index contributed by atoms with van der Waals surface area (Å²) in [6, 6.07) is 1.10. The molecule has 1 rings (SSSR count). The van der Waals surface area contributed by atoms with Gasteiger partial charge < -0.3 is 9.87 Å². The van der Waals surface area contributed by atoms with Crippen molar-refractivity contribution < 1.29 is 4.55 Å². The van der Waals surface area contributed by atoms with Crippen LogP contribution in [-0.2, 0) is 11.2 Å². The first-order valence-corrected chi connectivity index (χ1v) is 7.31. The summed E-state index contributed by atoms with van der Waals surface area (Å²) in [5.74, 6) is 0. The molecule has 0 spiro atoms. The molecular formula is C12H24N2OS. The maximum Gasteiger partial charge on any atom is 0.115 e. The molecule has 1 aliphatic heterocycles. The number of nitrogens with zero attached hydrogens (tertiary/aromatic N) is 1. The molecule has 0 bridgehead atoms. The number of piperazine rings is 1. The Morgan fingerprint density at radius 1 is 1.38 bits per heavy atom. The van der Waals surface area contributed by atoms with E-state index in [4.69, 9.17) is 0 Å². The van der Waals surface area contributed by atoms with Crippen LogP contribution in [0.15, 0.2) is 11.5 Å². The van der Waals surface area contributed by atoms with Crippen LogP contribution in [0.4, 0.5) is 0 Å². The van der Waals surface area contributed by atoms with E-state index in [0.29, 0.717) is 12.1 Å². The second-order valence-corrected chi connectivity index (χ2v) is 6.81. The van der Waals surface area contributed by atoms with Crippen LogP contribution in [0.3, 0.4) is 0 Å². The van der Waals surface area contributed by atoms with Gasteiger partial charge in [0.15, 0.2) is 0 Å². The first-order valence-electron chi connectivity index (χ1n) is 6.03. The van der Waals surface area contributed by atoms with E-state index in [1.54, 1.807) is 0 Å². The molecule has 0 aromatic rings. The van der Waals surface area contributed by atoms with Crippen molar-refractivity contribution in [3.8, 4) is 0 Å². The summed E-state index contributed by atoms with van der Waals surface area (Å²) in [6.45, 7) is 11.4. The maximum absolute atomic E-state index is 11.5. The number of hydrogen-bond acceptors (Lipinski definition) is 3. The molecular weight excluding hydrogens is 220 g/mol. The lowest BCUT2D eigenvalue weighted by Gasteiger charge is -2.35. The fourth-order valence-electron chi connectivity index (χ4n) is 2.03. The standard InChI is InChI=1S/C12H24N2OS/c1-10(2)16(15)7-5-6-14-8-11(3)13-12(4)9-14/h5,7,10-13H,6,8-9H2,1-4H3/b7-5+. The van der Waals surface area contributed by atoms with Crippen molar-refractivity contribution in [3.63, 3.8) is 0 Å². The summed E-state index contributed by atoms with van der Waals surface area (Å²) in [6.07, 6.45) is 2.04. The van der Waals surface area contributed by atoms with Crippen molar-refractivity contribution in [2.24, 2.45) is 0 Å². The molecule has 0 aliphatic carbocycles. The Morgan fingerprint density at radius 2 is 1.94 bits per heavy atom. The average molecular weight is 244 g/mol. The quantitative estimate of drug-likeness (QED) is 0.759. The minimum atomic E-state index is -0.816. The molecule has 0 radical (unpaired) electrons. The zero-order valence-corrected chi connectivity index (χ0v) is 11.6. The molecule has 0 aromatic heterocycles. The minimum Gasteiger partial charge on any atom is -0.612 e. The lowest BCUT2D eigenvalue weighted by molar-refractivity contribution is 0.189.